The number of phosphoric ester groups is 1. The lowest BCUT2D eigenvalue weighted by molar-refractivity contribution is -0.870. The van der Waals surface area contributed by atoms with E-state index in [0.29, 0.717) is 17.4 Å². The van der Waals surface area contributed by atoms with Crippen LogP contribution in [0.5, 0.6) is 0 Å². The van der Waals surface area contributed by atoms with Gasteiger partial charge in [-0.25, -0.2) is 0 Å². The molecule has 0 saturated heterocycles. The van der Waals surface area contributed by atoms with Crippen LogP contribution in [0.3, 0.4) is 0 Å². The van der Waals surface area contributed by atoms with Crippen LogP contribution in [0.1, 0.15) is 296 Å². The topological polar surface area (TPSA) is 111 Å². The molecule has 0 aromatic carbocycles. The average Bonchev–Trinajstić information content (AvgIpc) is 3.42. The van der Waals surface area contributed by atoms with Crippen molar-refractivity contribution in [3.05, 3.63) is 85.1 Å². The first-order valence-electron chi connectivity index (χ1n) is 33.3. The van der Waals surface area contributed by atoms with E-state index in [0.717, 1.165) is 83.5 Å². The van der Waals surface area contributed by atoms with E-state index in [-0.39, 0.29) is 32.0 Å². The van der Waals surface area contributed by atoms with Gasteiger partial charge in [-0.1, -0.05) is 279 Å². The lowest BCUT2D eigenvalue weighted by atomic mass is 10.0. The Morgan fingerprint density at radius 2 is 0.713 bits per heavy atom. The minimum atomic E-state index is -4.64. The molecule has 0 saturated carbocycles. The number of ether oxygens (including phenoxy) is 2. The first-order valence-corrected chi connectivity index (χ1v) is 34.8. The fourth-order valence-corrected chi connectivity index (χ4v) is 10.0. The van der Waals surface area contributed by atoms with Gasteiger partial charge in [0.2, 0.25) is 0 Å². The van der Waals surface area contributed by atoms with Gasteiger partial charge < -0.3 is 27.9 Å². The zero-order valence-electron chi connectivity index (χ0n) is 52.8. The summed E-state index contributed by atoms with van der Waals surface area (Å²) in [5, 5.41) is 0. The number of quaternary nitrogens is 1. The number of carbonyl (C=O) groups excluding carboxylic acids is 2. The van der Waals surface area contributed by atoms with E-state index in [4.69, 9.17) is 18.5 Å². The highest BCUT2D eigenvalue weighted by atomic mass is 31.2. The second kappa shape index (κ2) is 60.8. The van der Waals surface area contributed by atoms with Crippen molar-refractivity contribution in [2.45, 2.75) is 302 Å². The van der Waals surface area contributed by atoms with E-state index in [1.807, 2.05) is 21.1 Å². The number of esters is 2. The maximum Gasteiger partial charge on any atom is 0.306 e. The number of hydrogen-bond acceptors (Lipinski definition) is 8. The number of nitrogens with zero attached hydrogens (tertiary/aromatic N) is 1. The number of hydrogen-bond donors (Lipinski definition) is 0. The molecular weight excluding hydrogens is 1010 g/mol. The SMILES string of the molecule is CC/C=C\C/C=C\C/C=C\C/C=C\C/C=C\CCCCCCCCCCCCCC(=O)OC(COC(=O)CCCCCCCCCCCCCCCCCCC/C=C\C/C=C\CCCCCCC)COP(=O)([O-])OCC[N+](C)(C)C. The smallest absolute Gasteiger partial charge is 0.306 e. The monoisotopic (exact) mass is 1140 g/mol. The first-order chi connectivity index (χ1) is 39.0. The van der Waals surface area contributed by atoms with E-state index >= 15 is 0 Å². The van der Waals surface area contributed by atoms with Crippen molar-refractivity contribution in [2.24, 2.45) is 0 Å². The molecule has 0 aromatic heterocycles. The van der Waals surface area contributed by atoms with Crippen LogP contribution in [0.4, 0.5) is 0 Å². The highest BCUT2D eigenvalue weighted by Crippen LogP contribution is 2.38. The third kappa shape index (κ3) is 64.4. The molecule has 9 nitrogen and oxygen atoms in total. The molecular formula is C70H126NO8P. The largest absolute Gasteiger partial charge is 0.756 e. The van der Waals surface area contributed by atoms with Crippen molar-refractivity contribution in [3.8, 4) is 0 Å². The van der Waals surface area contributed by atoms with Gasteiger partial charge in [0.25, 0.3) is 7.82 Å². The van der Waals surface area contributed by atoms with Crippen LogP contribution >= 0.6 is 7.82 Å². The van der Waals surface area contributed by atoms with Crippen molar-refractivity contribution >= 4 is 19.8 Å². The predicted molar refractivity (Wildman–Crippen MR) is 342 cm³/mol. The third-order valence-electron chi connectivity index (χ3n) is 14.4. The molecule has 0 N–H and O–H groups in total. The van der Waals surface area contributed by atoms with Crippen molar-refractivity contribution < 1.29 is 42.1 Å². The summed E-state index contributed by atoms with van der Waals surface area (Å²) >= 11 is 0. The second-order valence-corrected chi connectivity index (χ2v) is 24.9. The number of unbranched alkanes of at least 4 members (excludes halogenated alkanes) is 33. The lowest BCUT2D eigenvalue weighted by Gasteiger charge is -2.28. The normalized spacial score (nSPS) is 13.7. The molecule has 0 rings (SSSR count). The Morgan fingerprint density at radius 1 is 0.400 bits per heavy atom. The molecule has 0 aromatic rings. The van der Waals surface area contributed by atoms with Crippen LogP contribution in [0.15, 0.2) is 85.1 Å². The van der Waals surface area contributed by atoms with Crippen LogP contribution in [0.25, 0.3) is 0 Å². The van der Waals surface area contributed by atoms with Crippen LogP contribution in [0.2, 0.25) is 0 Å². The number of likely N-dealkylation sites (N-methyl/N-ethyl adjacent to an activating group) is 1. The van der Waals surface area contributed by atoms with Gasteiger partial charge in [0.15, 0.2) is 6.10 Å². The highest BCUT2D eigenvalue weighted by Gasteiger charge is 2.22. The molecule has 464 valence electrons. The Hall–Kier alpha value is -2.81. The summed E-state index contributed by atoms with van der Waals surface area (Å²) in [6.07, 6.45) is 82.2. The summed E-state index contributed by atoms with van der Waals surface area (Å²) in [4.78, 5) is 38.0. The molecule has 0 spiro atoms. The Balaban J connectivity index is 4.08. The highest BCUT2D eigenvalue weighted by molar-refractivity contribution is 7.45. The molecule has 10 heteroatoms. The fraction of sp³-hybridized carbons (Fsp3) is 0.771. The molecule has 0 aliphatic rings. The summed E-state index contributed by atoms with van der Waals surface area (Å²) in [5.41, 5.74) is 0. The number of allylic oxidation sites excluding steroid dienone is 14. The maximum absolute atomic E-state index is 12.8. The molecule has 0 aliphatic heterocycles. The molecule has 0 amide bonds. The molecule has 80 heavy (non-hydrogen) atoms. The van der Waals surface area contributed by atoms with Gasteiger partial charge >= 0.3 is 11.9 Å². The third-order valence-corrected chi connectivity index (χ3v) is 15.4. The maximum atomic E-state index is 12.8. The molecule has 0 radical (unpaired) electrons. The van der Waals surface area contributed by atoms with E-state index in [2.05, 4.69) is 98.9 Å². The van der Waals surface area contributed by atoms with Crippen molar-refractivity contribution in [1.82, 2.24) is 0 Å². The van der Waals surface area contributed by atoms with Crippen molar-refractivity contribution in [1.29, 1.82) is 0 Å². The van der Waals surface area contributed by atoms with Gasteiger partial charge in [-0.3, -0.25) is 14.2 Å². The van der Waals surface area contributed by atoms with Gasteiger partial charge in [0.05, 0.1) is 27.7 Å². The Morgan fingerprint density at radius 3 is 1.06 bits per heavy atom. The standard InChI is InChI=1S/C70H126NO8P/c1-6-8-10-12-14-16-18-20-22-24-26-28-30-32-34-35-37-38-40-42-44-46-48-50-52-54-56-58-60-62-69(72)76-66-68(67-78-80(74,75)77-65-64-71(3,4)5)79-70(73)63-61-59-57-55-53-51-49-47-45-43-41-39-36-33-31-29-27-25-23-21-19-17-15-13-11-9-7-2/h9,11,15,17-18,20-21,23-24,26-27,29,33,36,68H,6-8,10,12-14,16,19,22,25,28,30-32,34-35,37-67H2,1-5H3/b11-9-,17-15-,20-18-,23-21-,26-24-,29-27-,36-33-. The van der Waals surface area contributed by atoms with E-state index in [1.165, 1.54) is 180 Å². The molecule has 0 fully saturated rings. The molecule has 0 aliphatic carbocycles. The summed E-state index contributed by atoms with van der Waals surface area (Å²) in [6, 6.07) is 0. The van der Waals surface area contributed by atoms with E-state index in [1.54, 1.807) is 0 Å². The first kappa shape index (κ1) is 77.2. The number of carbonyl (C=O) groups is 2. The van der Waals surface area contributed by atoms with Gasteiger partial charge in [-0.15, -0.1) is 0 Å². The average molecular weight is 1140 g/mol. The van der Waals surface area contributed by atoms with Crippen molar-refractivity contribution in [2.75, 3.05) is 47.5 Å². The summed E-state index contributed by atoms with van der Waals surface area (Å²) in [6.45, 7) is 4.14. The van der Waals surface area contributed by atoms with Crippen LogP contribution in [-0.2, 0) is 32.7 Å². The van der Waals surface area contributed by atoms with Gasteiger partial charge in [0, 0.05) is 12.8 Å². The van der Waals surface area contributed by atoms with Crippen molar-refractivity contribution in [3.63, 3.8) is 0 Å². The summed E-state index contributed by atoms with van der Waals surface area (Å²) in [7, 11) is 1.17. The molecule has 2 unspecified atom stereocenters. The van der Waals surface area contributed by atoms with Crippen LogP contribution in [0, 0.1) is 0 Å². The minimum Gasteiger partial charge on any atom is -0.756 e. The number of rotatable bonds is 61. The summed E-state index contributed by atoms with van der Waals surface area (Å²) < 4.78 is 34.3. The van der Waals surface area contributed by atoms with Crippen LogP contribution in [-0.4, -0.2) is 70.0 Å². The van der Waals surface area contributed by atoms with Gasteiger partial charge in [-0.2, -0.15) is 0 Å². The van der Waals surface area contributed by atoms with Crippen LogP contribution < -0.4 is 4.89 Å². The molecule has 0 heterocycles. The zero-order chi connectivity index (χ0) is 58.4. The summed E-state index contributed by atoms with van der Waals surface area (Å²) in [5.74, 6) is -0.829. The Bertz CT molecular complexity index is 1630. The van der Waals surface area contributed by atoms with E-state index in [9.17, 15) is 19.0 Å². The van der Waals surface area contributed by atoms with Gasteiger partial charge in [-0.05, 0) is 89.9 Å². The molecule has 0 bridgehead atoms. The minimum absolute atomic E-state index is 0.0335. The van der Waals surface area contributed by atoms with E-state index < -0.39 is 26.5 Å². The predicted octanol–water partition coefficient (Wildman–Crippen LogP) is 20.7. The Labute approximate surface area is 494 Å². The second-order valence-electron chi connectivity index (χ2n) is 23.5. The van der Waals surface area contributed by atoms with Gasteiger partial charge in [0.1, 0.15) is 19.8 Å². The molecule has 2 atom stereocenters. The zero-order valence-corrected chi connectivity index (χ0v) is 53.7. The Kier molecular flexibility index (Phi) is 58.6. The fourth-order valence-electron chi connectivity index (χ4n) is 9.30. The number of phosphoric acid groups is 1. The lowest BCUT2D eigenvalue weighted by Crippen LogP contribution is -2.37. The quantitative estimate of drug-likeness (QED) is 0.0195.